The highest BCUT2D eigenvalue weighted by atomic mass is 35.5. The zero-order chi connectivity index (χ0) is 17.0. The van der Waals surface area contributed by atoms with Gasteiger partial charge in [-0.15, -0.1) is 0 Å². The standard InChI is InChI=1S/C19H21ClO3/c1-4-9-23-18-8-6-14(11-17(18)20)13-5-7-15(19(21)22)16(10-13)12(2)3/h5-8,10-12H,4,9H2,1-3H3,(H,21,22). The molecule has 0 bridgehead atoms. The van der Waals surface area contributed by atoms with Gasteiger partial charge in [0.2, 0.25) is 0 Å². The number of hydrogen-bond acceptors (Lipinski definition) is 2. The number of carboxylic acids is 1. The minimum atomic E-state index is -0.901. The van der Waals surface area contributed by atoms with Crippen molar-refractivity contribution in [2.45, 2.75) is 33.1 Å². The number of ether oxygens (including phenoxy) is 1. The van der Waals surface area contributed by atoms with Crippen LogP contribution in [0.4, 0.5) is 0 Å². The van der Waals surface area contributed by atoms with E-state index in [1.807, 2.05) is 51.1 Å². The second-order valence-electron chi connectivity index (χ2n) is 5.76. The number of carboxylic acid groups (broad SMARTS) is 1. The van der Waals surface area contributed by atoms with E-state index in [1.54, 1.807) is 6.07 Å². The Morgan fingerprint density at radius 3 is 2.39 bits per heavy atom. The van der Waals surface area contributed by atoms with E-state index in [0.717, 1.165) is 23.1 Å². The Labute approximate surface area is 141 Å². The smallest absolute Gasteiger partial charge is 0.335 e. The lowest BCUT2D eigenvalue weighted by Gasteiger charge is -2.13. The topological polar surface area (TPSA) is 46.5 Å². The monoisotopic (exact) mass is 332 g/mol. The fourth-order valence-electron chi connectivity index (χ4n) is 2.42. The highest BCUT2D eigenvalue weighted by Gasteiger charge is 2.14. The van der Waals surface area contributed by atoms with Crippen LogP contribution in [0.5, 0.6) is 5.75 Å². The summed E-state index contributed by atoms with van der Waals surface area (Å²) >= 11 is 6.28. The van der Waals surface area contributed by atoms with Crippen molar-refractivity contribution in [1.82, 2.24) is 0 Å². The van der Waals surface area contributed by atoms with E-state index in [-0.39, 0.29) is 5.92 Å². The minimum Gasteiger partial charge on any atom is -0.492 e. The molecule has 3 nitrogen and oxygen atoms in total. The van der Waals surface area contributed by atoms with Gasteiger partial charge in [0.25, 0.3) is 0 Å². The van der Waals surface area contributed by atoms with Crippen molar-refractivity contribution < 1.29 is 14.6 Å². The lowest BCUT2D eigenvalue weighted by Crippen LogP contribution is -2.04. The number of rotatable bonds is 6. The first-order valence-electron chi connectivity index (χ1n) is 7.74. The molecule has 122 valence electrons. The summed E-state index contributed by atoms with van der Waals surface area (Å²) in [6, 6.07) is 11.0. The lowest BCUT2D eigenvalue weighted by atomic mass is 9.93. The summed E-state index contributed by atoms with van der Waals surface area (Å²) in [6.07, 6.45) is 0.923. The van der Waals surface area contributed by atoms with Crippen LogP contribution in [0.2, 0.25) is 5.02 Å². The highest BCUT2D eigenvalue weighted by molar-refractivity contribution is 6.32. The van der Waals surface area contributed by atoms with Crippen molar-refractivity contribution in [2.75, 3.05) is 6.61 Å². The van der Waals surface area contributed by atoms with Gasteiger partial charge in [0, 0.05) is 0 Å². The molecular weight excluding hydrogens is 312 g/mol. The van der Waals surface area contributed by atoms with E-state index in [0.29, 0.717) is 22.9 Å². The molecule has 0 aliphatic heterocycles. The van der Waals surface area contributed by atoms with Crippen LogP contribution < -0.4 is 4.74 Å². The van der Waals surface area contributed by atoms with Crippen molar-refractivity contribution in [1.29, 1.82) is 0 Å². The molecule has 0 aliphatic carbocycles. The molecule has 0 heterocycles. The molecule has 2 aromatic rings. The zero-order valence-corrected chi connectivity index (χ0v) is 14.4. The first-order valence-corrected chi connectivity index (χ1v) is 8.11. The average molecular weight is 333 g/mol. The zero-order valence-electron chi connectivity index (χ0n) is 13.6. The Hall–Kier alpha value is -2.00. The van der Waals surface area contributed by atoms with Crippen molar-refractivity contribution in [3.63, 3.8) is 0 Å². The summed E-state index contributed by atoms with van der Waals surface area (Å²) in [6.45, 7) is 6.64. The highest BCUT2D eigenvalue weighted by Crippen LogP contribution is 2.32. The van der Waals surface area contributed by atoms with E-state index in [2.05, 4.69) is 0 Å². The molecule has 0 saturated carbocycles. The van der Waals surface area contributed by atoms with Gasteiger partial charge in [-0.05, 0) is 47.2 Å². The van der Waals surface area contributed by atoms with Gasteiger partial charge in [-0.3, -0.25) is 0 Å². The fraction of sp³-hybridized carbons (Fsp3) is 0.316. The number of halogens is 1. The molecule has 4 heteroatoms. The molecule has 2 aromatic carbocycles. The Bertz CT molecular complexity index is 708. The molecule has 0 fully saturated rings. The van der Waals surface area contributed by atoms with Gasteiger partial charge in [0.05, 0.1) is 17.2 Å². The Balaban J connectivity index is 2.40. The third-order valence-electron chi connectivity index (χ3n) is 3.63. The second-order valence-corrected chi connectivity index (χ2v) is 6.16. The lowest BCUT2D eigenvalue weighted by molar-refractivity contribution is 0.0695. The summed E-state index contributed by atoms with van der Waals surface area (Å²) in [5.41, 5.74) is 3.05. The van der Waals surface area contributed by atoms with Crippen LogP contribution in [-0.4, -0.2) is 17.7 Å². The maximum atomic E-state index is 11.3. The summed E-state index contributed by atoms with van der Waals surface area (Å²) in [7, 11) is 0. The van der Waals surface area contributed by atoms with Crippen molar-refractivity contribution in [3.05, 3.63) is 52.5 Å². The molecule has 23 heavy (non-hydrogen) atoms. The molecule has 0 saturated heterocycles. The third kappa shape index (κ3) is 4.05. The quantitative estimate of drug-likeness (QED) is 0.747. The van der Waals surface area contributed by atoms with Gasteiger partial charge in [-0.25, -0.2) is 4.79 Å². The SMILES string of the molecule is CCCOc1ccc(-c2ccc(C(=O)O)c(C(C)C)c2)cc1Cl. The van der Waals surface area contributed by atoms with Crippen molar-refractivity contribution >= 4 is 17.6 Å². The van der Waals surface area contributed by atoms with Crippen LogP contribution in [0, 0.1) is 0 Å². The number of hydrogen-bond donors (Lipinski definition) is 1. The van der Waals surface area contributed by atoms with Gasteiger partial charge in [-0.1, -0.05) is 50.6 Å². The normalized spacial score (nSPS) is 10.8. The van der Waals surface area contributed by atoms with Crippen LogP contribution in [0.3, 0.4) is 0 Å². The summed E-state index contributed by atoms with van der Waals surface area (Å²) in [5, 5.41) is 9.86. The molecule has 0 amide bonds. The second kappa shape index (κ2) is 7.51. The Morgan fingerprint density at radius 2 is 1.83 bits per heavy atom. The largest absolute Gasteiger partial charge is 0.492 e. The van der Waals surface area contributed by atoms with Crippen molar-refractivity contribution in [3.8, 4) is 16.9 Å². The van der Waals surface area contributed by atoms with Crippen molar-refractivity contribution in [2.24, 2.45) is 0 Å². The van der Waals surface area contributed by atoms with Crippen LogP contribution >= 0.6 is 11.6 Å². The molecule has 1 N–H and O–H groups in total. The molecule has 0 aromatic heterocycles. The molecule has 0 unspecified atom stereocenters. The van der Waals surface area contributed by atoms with E-state index in [4.69, 9.17) is 16.3 Å². The van der Waals surface area contributed by atoms with Gasteiger partial charge < -0.3 is 9.84 Å². The predicted octanol–water partition coefficient (Wildman–Crippen LogP) is 5.62. The van der Waals surface area contributed by atoms with Gasteiger partial charge in [0.15, 0.2) is 0 Å². The maximum absolute atomic E-state index is 11.3. The molecule has 0 aliphatic rings. The van der Waals surface area contributed by atoms with Crippen LogP contribution in [0.1, 0.15) is 49.0 Å². The van der Waals surface area contributed by atoms with Crippen LogP contribution in [0.15, 0.2) is 36.4 Å². The molecule has 0 radical (unpaired) electrons. The maximum Gasteiger partial charge on any atom is 0.335 e. The van der Waals surface area contributed by atoms with Gasteiger partial charge >= 0.3 is 5.97 Å². The van der Waals surface area contributed by atoms with Gasteiger partial charge in [0.1, 0.15) is 5.75 Å². The minimum absolute atomic E-state index is 0.128. The Kier molecular flexibility index (Phi) is 5.67. The molecule has 2 rings (SSSR count). The summed E-state index contributed by atoms with van der Waals surface area (Å²) in [4.78, 5) is 11.3. The fourth-order valence-corrected chi connectivity index (χ4v) is 2.66. The number of aromatic carboxylic acids is 1. The third-order valence-corrected chi connectivity index (χ3v) is 3.93. The van der Waals surface area contributed by atoms with E-state index < -0.39 is 5.97 Å². The Morgan fingerprint density at radius 1 is 1.17 bits per heavy atom. The first-order chi connectivity index (χ1) is 10.9. The van der Waals surface area contributed by atoms with Crippen LogP contribution in [-0.2, 0) is 0 Å². The average Bonchev–Trinajstić information content (AvgIpc) is 2.53. The predicted molar refractivity (Wildman–Crippen MR) is 93.7 cm³/mol. The van der Waals surface area contributed by atoms with Gasteiger partial charge in [-0.2, -0.15) is 0 Å². The molecule has 0 atom stereocenters. The number of benzene rings is 2. The number of carbonyl (C=O) groups is 1. The summed E-state index contributed by atoms with van der Waals surface area (Å²) in [5.74, 6) is -0.103. The summed E-state index contributed by atoms with van der Waals surface area (Å²) < 4.78 is 5.58. The van der Waals surface area contributed by atoms with E-state index in [1.165, 1.54) is 0 Å². The molecular formula is C19H21ClO3. The van der Waals surface area contributed by atoms with E-state index >= 15 is 0 Å². The first kappa shape index (κ1) is 17.4. The van der Waals surface area contributed by atoms with E-state index in [9.17, 15) is 9.90 Å². The van der Waals surface area contributed by atoms with Crippen LogP contribution in [0.25, 0.3) is 11.1 Å². The molecule has 0 spiro atoms.